The third kappa shape index (κ3) is 4.03. The van der Waals surface area contributed by atoms with Crippen molar-refractivity contribution < 1.29 is 19.0 Å². The Hall–Kier alpha value is -1.95. The number of primary amides is 1. The molecule has 0 spiro atoms. The van der Waals surface area contributed by atoms with Crippen molar-refractivity contribution in [1.82, 2.24) is 4.90 Å². The molecule has 1 aromatic rings. The highest BCUT2D eigenvalue weighted by atomic mass is 16.5. The average molecular weight is 268 g/mol. The van der Waals surface area contributed by atoms with Crippen molar-refractivity contribution in [3.05, 3.63) is 17.7 Å². The molecule has 0 bridgehead atoms. The maximum Gasteiger partial charge on any atom is 0.231 e. The summed E-state index contributed by atoms with van der Waals surface area (Å²) in [5, 5.41) is 0. The molecule has 6 heteroatoms. The van der Waals surface area contributed by atoms with Crippen LogP contribution in [0.15, 0.2) is 12.1 Å². The van der Waals surface area contributed by atoms with E-state index in [4.69, 9.17) is 19.9 Å². The molecule has 0 unspecified atom stereocenters. The van der Waals surface area contributed by atoms with Gasteiger partial charge in [-0.1, -0.05) is 0 Å². The third-order valence-electron chi connectivity index (χ3n) is 2.65. The van der Waals surface area contributed by atoms with Crippen LogP contribution in [0.4, 0.5) is 0 Å². The molecule has 19 heavy (non-hydrogen) atoms. The van der Waals surface area contributed by atoms with Crippen molar-refractivity contribution >= 4 is 5.91 Å². The minimum atomic E-state index is -0.373. The van der Waals surface area contributed by atoms with Crippen LogP contribution in [-0.2, 0) is 11.3 Å². The van der Waals surface area contributed by atoms with E-state index in [1.54, 1.807) is 39.3 Å². The van der Waals surface area contributed by atoms with Gasteiger partial charge in [0.25, 0.3) is 0 Å². The number of nitrogens with zero attached hydrogens (tertiary/aromatic N) is 1. The van der Waals surface area contributed by atoms with Gasteiger partial charge in [-0.15, -0.1) is 0 Å². The second-order valence-corrected chi connectivity index (χ2v) is 4.16. The van der Waals surface area contributed by atoms with Gasteiger partial charge < -0.3 is 19.9 Å². The molecule has 1 rings (SSSR count). The molecule has 6 nitrogen and oxygen atoms in total. The van der Waals surface area contributed by atoms with Gasteiger partial charge in [-0.2, -0.15) is 0 Å². The van der Waals surface area contributed by atoms with Gasteiger partial charge in [0.1, 0.15) is 5.75 Å². The monoisotopic (exact) mass is 268 g/mol. The Morgan fingerprint density at radius 3 is 2.11 bits per heavy atom. The fourth-order valence-electron chi connectivity index (χ4n) is 1.83. The van der Waals surface area contributed by atoms with E-state index in [2.05, 4.69) is 0 Å². The van der Waals surface area contributed by atoms with E-state index in [0.717, 1.165) is 5.56 Å². The Balaban J connectivity index is 3.01. The number of rotatable bonds is 7. The van der Waals surface area contributed by atoms with Gasteiger partial charge in [-0.05, 0) is 13.1 Å². The first-order valence-electron chi connectivity index (χ1n) is 5.77. The van der Waals surface area contributed by atoms with Crippen LogP contribution < -0.4 is 19.9 Å². The lowest BCUT2D eigenvalue weighted by atomic mass is 10.1. The Bertz CT molecular complexity index is 449. The number of carbonyl (C=O) groups excluding carboxylic acids is 1. The van der Waals surface area contributed by atoms with Crippen molar-refractivity contribution in [2.24, 2.45) is 5.73 Å². The van der Waals surface area contributed by atoms with Gasteiger partial charge in [-0.3, -0.25) is 9.69 Å². The van der Waals surface area contributed by atoms with Gasteiger partial charge in [0.05, 0.1) is 27.9 Å². The molecular formula is C13H20N2O4. The summed E-state index contributed by atoms with van der Waals surface area (Å²) >= 11 is 0. The van der Waals surface area contributed by atoms with Gasteiger partial charge in [-0.25, -0.2) is 0 Å². The minimum absolute atomic E-state index is 0.178. The number of benzene rings is 1. The summed E-state index contributed by atoms with van der Waals surface area (Å²) in [6.07, 6.45) is 0. The summed E-state index contributed by atoms with van der Waals surface area (Å²) in [5.41, 5.74) is 6.06. The molecule has 0 aliphatic heterocycles. The van der Waals surface area contributed by atoms with Crippen LogP contribution >= 0.6 is 0 Å². The van der Waals surface area contributed by atoms with E-state index < -0.39 is 0 Å². The normalized spacial score (nSPS) is 10.4. The van der Waals surface area contributed by atoms with E-state index in [0.29, 0.717) is 23.8 Å². The first-order chi connectivity index (χ1) is 9.01. The van der Waals surface area contributed by atoms with Gasteiger partial charge in [0, 0.05) is 18.2 Å². The summed E-state index contributed by atoms with van der Waals surface area (Å²) in [6.45, 7) is 0.698. The van der Waals surface area contributed by atoms with E-state index in [1.807, 2.05) is 6.07 Å². The predicted molar refractivity (Wildman–Crippen MR) is 71.6 cm³/mol. The van der Waals surface area contributed by atoms with Crippen molar-refractivity contribution in [2.45, 2.75) is 6.54 Å². The maximum atomic E-state index is 10.9. The molecule has 0 fully saturated rings. The minimum Gasteiger partial charge on any atom is -0.496 e. The molecule has 1 amide bonds. The first-order valence-corrected chi connectivity index (χ1v) is 5.77. The van der Waals surface area contributed by atoms with Crippen LogP contribution in [0.5, 0.6) is 17.2 Å². The number of hydrogen-bond acceptors (Lipinski definition) is 5. The maximum absolute atomic E-state index is 10.9. The molecule has 0 saturated heterocycles. The zero-order valence-corrected chi connectivity index (χ0v) is 11.7. The number of nitrogens with two attached hydrogens (primary N) is 1. The number of methoxy groups -OCH3 is 3. The highest BCUT2D eigenvalue weighted by Crippen LogP contribution is 2.34. The van der Waals surface area contributed by atoms with Crippen molar-refractivity contribution in [2.75, 3.05) is 34.9 Å². The van der Waals surface area contributed by atoms with Crippen molar-refractivity contribution in [3.63, 3.8) is 0 Å². The summed E-state index contributed by atoms with van der Waals surface area (Å²) in [7, 11) is 6.52. The molecule has 0 heterocycles. The Morgan fingerprint density at radius 2 is 1.63 bits per heavy atom. The average Bonchev–Trinajstić information content (AvgIpc) is 2.37. The number of likely N-dealkylation sites (N-methyl/N-ethyl adjacent to an activating group) is 1. The summed E-state index contributed by atoms with van der Waals surface area (Å²) in [5.74, 6) is 1.52. The fourth-order valence-corrected chi connectivity index (χ4v) is 1.83. The lowest BCUT2D eigenvalue weighted by Crippen LogP contribution is -2.30. The molecular weight excluding hydrogens is 248 g/mol. The number of carbonyl (C=O) groups is 1. The van der Waals surface area contributed by atoms with Crippen molar-refractivity contribution in [1.29, 1.82) is 0 Å². The molecule has 0 radical (unpaired) electrons. The van der Waals surface area contributed by atoms with Crippen LogP contribution in [0, 0.1) is 0 Å². The summed E-state index contributed by atoms with van der Waals surface area (Å²) in [4.78, 5) is 12.7. The highest BCUT2D eigenvalue weighted by Gasteiger charge is 2.14. The quantitative estimate of drug-likeness (QED) is 0.785. The van der Waals surface area contributed by atoms with Gasteiger partial charge in [0.15, 0.2) is 11.5 Å². The Morgan fingerprint density at radius 1 is 1.11 bits per heavy atom. The number of ether oxygens (including phenoxy) is 3. The fraction of sp³-hybridized carbons (Fsp3) is 0.462. The third-order valence-corrected chi connectivity index (χ3v) is 2.65. The SMILES string of the molecule is COc1cc(OC)c(OC)cc1CN(C)CC(N)=O. The lowest BCUT2D eigenvalue weighted by Gasteiger charge is -2.18. The zero-order chi connectivity index (χ0) is 14.4. The number of hydrogen-bond donors (Lipinski definition) is 1. The Labute approximate surface area is 113 Å². The molecule has 0 aliphatic rings. The van der Waals surface area contributed by atoms with E-state index in [9.17, 15) is 4.79 Å². The largest absolute Gasteiger partial charge is 0.496 e. The molecule has 0 aliphatic carbocycles. The predicted octanol–water partition coefficient (Wildman–Crippen LogP) is 0.629. The molecule has 2 N–H and O–H groups in total. The van der Waals surface area contributed by atoms with E-state index >= 15 is 0 Å². The molecule has 0 atom stereocenters. The van der Waals surface area contributed by atoms with Crippen LogP contribution in [0.3, 0.4) is 0 Å². The molecule has 0 aromatic heterocycles. The Kier molecular flexibility index (Phi) is 5.44. The van der Waals surface area contributed by atoms with Crippen LogP contribution in [0.1, 0.15) is 5.56 Å². The molecule has 1 aromatic carbocycles. The number of amides is 1. The second-order valence-electron chi connectivity index (χ2n) is 4.16. The molecule has 106 valence electrons. The first kappa shape index (κ1) is 15.1. The smallest absolute Gasteiger partial charge is 0.231 e. The molecule has 0 saturated carbocycles. The van der Waals surface area contributed by atoms with Gasteiger partial charge in [0.2, 0.25) is 5.91 Å². The van der Waals surface area contributed by atoms with Crippen LogP contribution in [-0.4, -0.2) is 45.7 Å². The highest BCUT2D eigenvalue weighted by molar-refractivity contribution is 5.75. The topological polar surface area (TPSA) is 74.0 Å². The second kappa shape index (κ2) is 6.84. The lowest BCUT2D eigenvalue weighted by molar-refractivity contribution is -0.118. The van der Waals surface area contributed by atoms with E-state index in [1.165, 1.54) is 0 Å². The summed E-state index contributed by atoms with van der Waals surface area (Å²) < 4.78 is 15.8. The van der Waals surface area contributed by atoms with E-state index in [-0.39, 0.29) is 12.5 Å². The van der Waals surface area contributed by atoms with Crippen molar-refractivity contribution in [3.8, 4) is 17.2 Å². The zero-order valence-electron chi connectivity index (χ0n) is 11.7. The summed E-state index contributed by atoms with van der Waals surface area (Å²) in [6, 6.07) is 3.58. The standard InChI is InChI=1S/C13H20N2O4/c1-15(8-13(14)16)7-9-5-11(18-3)12(19-4)6-10(9)17-2/h5-6H,7-8H2,1-4H3,(H2,14,16). The van der Waals surface area contributed by atoms with Crippen LogP contribution in [0.25, 0.3) is 0 Å². The van der Waals surface area contributed by atoms with Crippen LogP contribution in [0.2, 0.25) is 0 Å². The van der Waals surface area contributed by atoms with Gasteiger partial charge >= 0.3 is 0 Å².